The van der Waals surface area contributed by atoms with E-state index in [0.29, 0.717) is 6.42 Å². The van der Waals surface area contributed by atoms with Crippen LogP contribution in [0.5, 0.6) is 0 Å². The topological polar surface area (TPSA) is 83.6 Å². The summed E-state index contributed by atoms with van der Waals surface area (Å²) in [6.45, 7) is 0.330. The minimum absolute atomic E-state index is 0.0860. The molecule has 0 radical (unpaired) electrons. The maximum Gasteiger partial charge on any atom is 0.246 e. The van der Waals surface area contributed by atoms with Crippen molar-refractivity contribution in [2.75, 3.05) is 25.4 Å². The molecule has 0 spiro atoms. The first kappa shape index (κ1) is 14.5. The van der Waals surface area contributed by atoms with E-state index in [4.69, 9.17) is 22.4 Å². The molecule has 1 heterocycles. The minimum atomic E-state index is -3.97. The minimum Gasteiger partial charge on any atom is -0.399 e. The standard InChI is InChI=1S/C11H14ClFN2O3S/c12-9-3-8(14)4-10(11(9)13)19(17,18)15-2-1-7(5-15)6-16/h3-4,7,16H,1-2,5-6,14H2. The van der Waals surface area contributed by atoms with Crippen molar-refractivity contribution in [3.05, 3.63) is 23.0 Å². The monoisotopic (exact) mass is 308 g/mol. The summed E-state index contributed by atoms with van der Waals surface area (Å²) in [5.74, 6) is -1.11. The molecule has 1 aliphatic rings. The summed E-state index contributed by atoms with van der Waals surface area (Å²) in [5.41, 5.74) is 5.59. The lowest BCUT2D eigenvalue weighted by Crippen LogP contribution is -2.30. The van der Waals surface area contributed by atoms with Crippen LogP contribution in [0.4, 0.5) is 10.1 Å². The molecule has 1 fully saturated rings. The average molecular weight is 309 g/mol. The Morgan fingerprint density at radius 2 is 2.21 bits per heavy atom. The summed E-state index contributed by atoms with van der Waals surface area (Å²) in [6, 6.07) is 2.22. The van der Waals surface area contributed by atoms with Crippen LogP contribution in [0.25, 0.3) is 0 Å². The van der Waals surface area contributed by atoms with Crippen molar-refractivity contribution in [1.29, 1.82) is 0 Å². The number of anilines is 1. The van der Waals surface area contributed by atoms with Gasteiger partial charge in [-0.15, -0.1) is 0 Å². The van der Waals surface area contributed by atoms with Gasteiger partial charge in [0.2, 0.25) is 10.0 Å². The third kappa shape index (κ3) is 2.69. The summed E-state index contributed by atoms with van der Waals surface area (Å²) < 4.78 is 39.6. The number of sulfonamides is 1. The molecule has 106 valence electrons. The lowest BCUT2D eigenvalue weighted by Gasteiger charge is -2.17. The van der Waals surface area contributed by atoms with Crippen LogP contribution < -0.4 is 5.73 Å². The zero-order chi connectivity index (χ0) is 14.2. The van der Waals surface area contributed by atoms with Gasteiger partial charge < -0.3 is 10.8 Å². The molecule has 1 aliphatic heterocycles. The lowest BCUT2D eigenvalue weighted by molar-refractivity contribution is 0.233. The first-order valence-corrected chi connectivity index (χ1v) is 7.53. The summed E-state index contributed by atoms with van der Waals surface area (Å²) in [7, 11) is -3.97. The van der Waals surface area contributed by atoms with Gasteiger partial charge in [-0.1, -0.05) is 11.6 Å². The van der Waals surface area contributed by atoms with Crippen LogP contribution >= 0.6 is 11.6 Å². The molecular formula is C11H14ClFN2O3S. The molecule has 1 aromatic rings. The summed E-state index contributed by atoms with van der Waals surface area (Å²) in [6.07, 6.45) is 0.549. The number of rotatable bonds is 3. The predicted molar refractivity (Wildman–Crippen MR) is 69.8 cm³/mol. The highest BCUT2D eigenvalue weighted by molar-refractivity contribution is 7.89. The van der Waals surface area contributed by atoms with Gasteiger partial charge in [-0.2, -0.15) is 4.31 Å². The van der Waals surface area contributed by atoms with Crippen LogP contribution in [-0.4, -0.2) is 37.5 Å². The van der Waals surface area contributed by atoms with Crippen molar-refractivity contribution in [2.24, 2.45) is 5.92 Å². The highest BCUT2D eigenvalue weighted by atomic mass is 35.5. The van der Waals surface area contributed by atoms with E-state index in [1.54, 1.807) is 0 Å². The Kier molecular flexibility index (Phi) is 4.00. The summed E-state index contributed by atoms with van der Waals surface area (Å²) in [5, 5.41) is 8.70. The maximum absolute atomic E-state index is 13.9. The van der Waals surface area contributed by atoms with E-state index < -0.39 is 20.7 Å². The van der Waals surface area contributed by atoms with Crippen molar-refractivity contribution < 1.29 is 17.9 Å². The van der Waals surface area contributed by atoms with Gasteiger partial charge >= 0.3 is 0 Å². The third-order valence-corrected chi connectivity index (χ3v) is 5.28. The van der Waals surface area contributed by atoms with Crippen LogP contribution in [0.3, 0.4) is 0 Å². The number of hydrogen-bond donors (Lipinski definition) is 2. The van der Waals surface area contributed by atoms with Crippen molar-refractivity contribution in [1.82, 2.24) is 4.31 Å². The van der Waals surface area contributed by atoms with Gasteiger partial charge in [0.15, 0.2) is 5.82 Å². The Bertz CT molecular complexity index is 594. The van der Waals surface area contributed by atoms with Crippen molar-refractivity contribution in [3.8, 4) is 0 Å². The Hall–Kier alpha value is -0.890. The quantitative estimate of drug-likeness (QED) is 0.818. The fourth-order valence-electron chi connectivity index (χ4n) is 2.08. The highest BCUT2D eigenvalue weighted by Gasteiger charge is 2.34. The van der Waals surface area contributed by atoms with E-state index in [1.807, 2.05) is 0 Å². The van der Waals surface area contributed by atoms with Crippen LogP contribution in [0.1, 0.15) is 6.42 Å². The maximum atomic E-state index is 13.9. The number of benzene rings is 1. The second-order valence-corrected chi connectivity index (χ2v) is 6.83. The van der Waals surface area contributed by atoms with Crippen LogP contribution in [0.15, 0.2) is 17.0 Å². The van der Waals surface area contributed by atoms with Crippen LogP contribution in [0, 0.1) is 11.7 Å². The molecule has 5 nitrogen and oxygen atoms in total. The Labute approximate surface area is 115 Å². The SMILES string of the molecule is Nc1cc(Cl)c(F)c(S(=O)(=O)N2CCC(CO)C2)c1. The second-order valence-electron chi connectivity index (χ2n) is 4.52. The first-order chi connectivity index (χ1) is 8.86. The second kappa shape index (κ2) is 5.24. The van der Waals surface area contributed by atoms with Gasteiger partial charge in [-0.3, -0.25) is 0 Å². The zero-order valence-electron chi connectivity index (χ0n) is 10.0. The average Bonchev–Trinajstić information content (AvgIpc) is 2.83. The molecule has 0 bridgehead atoms. The third-order valence-electron chi connectivity index (χ3n) is 3.14. The number of hydrogen-bond acceptors (Lipinski definition) is 4. The number of halogens is 2. The van der Waals surface area contributed by atoms with Crippen molar-refractivity contribution >= 4 is 27.3 Å². The van der Waals surface area contributed by atoms with Crippen molar-refractivity contribution in [3.63, 3.8) is 0 Å². The van der Waals surface area contributed by atoms with E-state index >= 15 is 0 Å². The lowest BCUT2D eigenvalue weighted by atomic mass is 10.1. The van der Waals surface area contributed by atoms with Crippen LogP contribution in [0.2, 0.25) is 5.02 Å². The predicted octanol–water partition coefficient (Wildman–Crippen LogP) is 1.06. The van der Waals surface area contributed by atoms with Gasteiger partial charge in [-0.25, -0.2) is 12.8 Å². The van der Waals surface area contributed by atoms with Gasteiger partial charge in [0.1, 0.15) is 4.90 Å². The van der Waals surface area contributed by atoms with E-state index in [1.165, 1.54) is 0 Å². The molecule has 0 aromatic heterocycles. The Morgan fingerprint density at radius 1 is 1.53 bits per heavy atom. The van der Waals surface area contributed by atoms with Crippen LogP contribution in [-0.2, 0) is 10.0 Å². The highest BCUT2D eigenvalue weighted by Crippen LogP contribution is 2.30. The normalized spacial score (nSPS) is 20.9. The molecule has 8 heteroatoms. The van der Waals surface area contributed by atoms with Gasteiger partial charge in [0.05, 0.1) is 5.02 Å². The van der Waals surface area contributed by atoms with E-state index in [9.17, 15) is 12.8 Å². The molecule has 19 heavy (non-hydrogen) atoms. The van der Waals surface area contributed by atoms with Gasteiger partial charge in [0, 0.05) is 25.4 Å². The molecule has 2 rings (SSSR count). The first-order valence-electron chi connectivity index (χ1n) is 5.71. The molecular weight excluding hydrogens is 295 g/mol. The van der Waals surface area contributed by atoms with E-state index in [2.05, 4.69) is 0 Å². The molecule has 3 N–H and O–H groups in total. The number of aliphatic hydroxyl groups excluding tert-OH is 1. The summed E-state index contributed by atoms with van der Waals surface area (Å²) in [4.78, 5) is -0.518. The number of nitrogen functional groups attached to an aromatic ring is 1. The Balaban J connectivity index is 2.41. The van der Waals surface area contributed by atoms with Gasteiger partial charge in [0.25, 0.3) is 0 Å². The van der Waals surface area contributed by atoms with E-state index in [-0.39, 0.29) is 36.3 Å². The summed E-state index contributed by atoms with van der Waals surface area (Å²) >= 11 is 5.61. The molecule has 1 saturated heterocycles. The Morgan fingerprint density at radius 3 is 2.79 bits per heavy atom. The van der Waals surface area contributed by atoms with Crippen molar-refractivity contribution in [2.45, 2.75) is 11.3 Å². The zero-order valence-corrected chi connectivity index (χ0v) is 11.6. The number of nitrogens with two attached hydrogens (primary N) is 1. The number of aliphatic hydroxyl groups is 1. The molecule has 1 atom stereocenters. The number of nitrogens with zero attached hydrogens (tertiary/aromatic N) is 1. The fraction of sp³-hybridized carbons (Fsp3) is 0.455. The molecule has 0 aliphatic carbocycles. The van der Waals surface area contributed by atoms with Gasteiger partial charge in [-0.05, 0) is 24.5 Å². The largest absolute Gasteiger partial charge is 0.399 e. The molecule has 0 saturated carbocycles. The van der Waals surface area contributed by atoms with E-state index in [0.717, 1.165) is 16.4 Å². The smallest absolute Gasteiger partial charge is 0.246 e. The molecule has 1 unspecified atom stereocenters. The molecule has 0 amide bonds. The fourth-order valence-corrected chi connectivity index (χ4v) is 4.01. The molecule has 1 aromatic carbocycles.